The molecule has 0 unspecified atom stereocenters. The maximum atomic E-state index is 12.9. The highest BCUT2D eigenvalue weighted by Gasteiger charge is 2.24. The van der Waals surface area contributed by atoms with E-state index >= 15 is 0 Å². The number of piperazine rings is 1. The lowest BCUT2D eigenvalue weighted by molar-refractivity contribution is -0.132. The van der Waals surface area contributed by atoms with Crippen LogP contribution < -0.4 is 5.56 Å². The zero-order chi connectivity index (χ0) is 18.5. The number of hydrogen-bond acceptors (Lipinski definition) is 3. The number of amides is 2. The minimum Gasteiger partial charge on any atom is -0.339 e. The smallest absolute Gasteiger partial charge is 0.255 e. The fraction of sp³-hybridized carbons (Fsp3) is 0.316. The van der Waals surface area contributed by atoms with E-state index in [1.165, 1.54) is 30.5 Å². The lowest BCUT2D eigenvalue weighted by atomic mass is 10.1. The Labute approximate surface area is 150 Å². The highest BCUT2D eigenvalue weighted by atomic mass is 19.1. The summed E-state index contributed by atoms with van der Waals surface area (Å²) in [6.07, 6.45) is 2.33. The largest absolute Gasteiger partial charge is 0.339 e. The van der Waals surface area contributed by atoms with Gasteiger partial charge in [0.25, 0.3) is 5.91 Å². The number of nitrogens with one attached hydrogen (secondary N) is 1. The third-order valence-corrected chi connectivity index (χ3v) is 4.49. The predicted octanol–water partition coefficient (Wildman–Crippen LogP) is 1.43. The first-order valence-corrected chi connectivity index (χ1v) is 8.53. The lowest BCUT2D eigenvalue weighted by Crippen LogP contribution is -2.50. The van der Waals surface area contributed by atoms with Crippen LogP contribution in [0.2, 0.25) is 0 Å². The van der Waals surface area contributed by atoms with Gasteiger partial charge in [0, 0.05) is 44.9 Å². The van der Waals surface area contributed by atoms with E-state index in [0.717, 1.165) is 5.56 Å². The monoisotopic (exact) mass is 357 g/mol. The maximum Gasteiger partial charge on any atom is 0.255 e. The molecule has 6 nitrogen and oxygen atoms in total. The highest BCUT2D eigenvalue weighted by Crippen LogP contribution is 2.11. The molecule has 0 bridgehead atoms. The zero-order valence-electron chi connectivity index (χ0n) is 14.3. The van der Waals surface area contributed by atoms with Crippen LogP contribution in [0.1, 0.15) is 22.3 Å². The average Bonchev–Trinajstić information content (AvgIpc) is 2.67. The summed E-state index contributed by atoms with van der Waals surface area (Å²) in [5.74, 6) is -0.409. The van der Waals surface area contributed by atoms with Crippen LogP contribution in [0.3, 0.4) is 0 Å². The summed E-state index contributed by atoms with van der Waals surface area (Å²) in [6, 6.07) is 8.97. The molecular weight excluding hydrogens is 337 g/mol. The van der Waals surface area contributed by atoms with Crippen molar-refractivity contribution in [3.8, 4) is 0 Å². The fourth-order valence-electron chi connectivity index (χ4n) is 2.95. The molecule has 2 heterocycles. The predicted molar refractivity (Wildman–Crippen MR) is 94.3 cm³/mol. The van der Waals surface area contributed by atoms with Gasteiger partial charge in [0.2, 0.25) is 11.5 Å². The molecule has 0 radical (unpaired) electrons. The van der Waals surface area contributed by atoms with Gasteiger partial charge in [-0.2, -0.15) is 0 Å². The molecule has 0 atom stereocenters. The maximum absolute atomic E-state index is 12.9. The van der Waals surface area contributed by atoms with E-state index in [2.05, 4.69) is 4.98 Å². The molecular formula is C19H20FN3O3. The van der Waals surface area contributed by atoms with Crippen molar-refractivity contribution in [2.24, 2.45) is 0 Å². The molecule has 1 aliphatic rings. The van der Waals surface area contributed by atoms with Gasteiger partial charge in [-0.3, -0.25) is 14.4 Å². The second-order valence-electron chi connectivity index (χ2n) is 6.24. The Bertz CT molecular complexity index is 819. The first kappa shape index (κ1) is 17.8. The molecule has 0 aliphatic carbocycles. The Morgan fingerprint density at radius 2 is 1.62 bits per heavy atom. The molecule has 1 aromatic heterocycles. The summed E-state index contributed by atoms with van der Waals surface area (Å²) in [6.45, 7) is 1.88. The van der Waals surface area contributed by atoms with Crippen LogP contribution in [-0.2, 0) is 11.2 Å². The number of carbonyl (C=O) groups is 2. The van der Waals surface area contributed by atoms with Crippen molar-refractivity contribution in [1.82, 2.24) is 14.8 Å². The van der Waals surface area contributed by atoms with Crippen LogP contribution in [0.25, 0.3) is 0 Å². The number of aryl methyl sites for hydroxylation is 1. The minimum absolute atomic E-state index is 0.0328. The number of hydrogen-bond donors (Lipinski definition) is 1. The summed E-state index contributed by atoms with van der Waals surface area (Å²) in [5, 5.41) is 0. The molecule has 2 amide bonds. The van der Waals surface area contributed by atoms with Crippen LogP contribution >= 0.6 is 0 Å². The van der Waals surface area contributed by atoms with Crippen molar-refractivity contribution >= 4 is 11.8 Å². The van der Waals surface area contributed by atoms with E-state index in [1.54, 1.807) is 21.9 Å². The Hall–Kier alpha value is -2.96. The van der Waals surface area contributed by atoms with Crippen molar-refractivity contribution in [3.05, 3.63) is 69.9 Å². The summed E-state index contributed by atoms with van der Waals surface area (Å²) < 4.78 is 12.9. The molecule has 1 fully saturated rings. The van der Waals surface area contributed by atoms with Crippen molar-refractivity contribution in [2.45, 2.75) is 12.8 Å². The van der Waals surface area contributed by atoms with E-state index in [-0.39, 0.29) is 23.2 Å². The number of carbonyl (C=O) groups excluding carboxylic acids is 2. The van der Waals surface area contributed by atoms with E-state index in [9.17, 15) is 18.8 Å². The molecule has 136 valence electrons. The third kappa shape index (κ3) is 4.36. The quantitative estimate of drug-likeness (QED) is 0.900. The Morgan fingerprint density at radius 3 is 2.23 bits per heavy atom. The SMILES string of the molecule is O=C(CCc1ccc(F)cc1)N1CCN(C(=O)c2ccc(=O)[nH]c2)CC1. The Balaban J connectivity index is 1.48. The number of pyridine rings is 1. The molecule has 1 aliphatic heterocycles. The van der Waals surface area contributed by atoms with Gasteiger partial charge in [-0.1, -0.05) is 12.1 Å². The Morgan fingerprint density at radius 1 is 0.962 bits per heavy atom. The molecule has 1 saturated heterocycles. The summed E-state index contributed by atoms with van der Waals surface area (Å²) in [7, 11) is 0. The second kappa shape index (κ2) is 7.95. The summed E-state index contributed by atoms with van der Waals surface area (Å²) in [4.78, 5) is 41.7. The van der Waals surface area contributed by atoms with Gasteiger partial charge >= 0.3 is 0 Å². The van der Waals surface area contributed by atoms with Crippen LogP contribution in [0, 0.1) is 5.82 Å². The van der Waals surface area contributed by atoms with Gasteiger partial charge in [-0.05, 0) is 30.2 Å². The van der Waals surface area contributed by atoms with E-state index in [0.29, 0.717) is 44.6 Å². The number of rotatable bonds is 4. The summed E-state index contributed by atoms with van der Waals surface area (Å²) >= 11 is 0. The number of benzene rings is 1. The van der Waals surface area contributed by atoms with E-state index < -0.39 is 0 Å². The van der Waals surface area contributed by atoms with Crippen LogP contribution in [-0.4, -0.2) is 52.8 Å². The fourth-order valence-corrected chi connectivity index (χ4v) is 2.95. The van der Waals surface area contributed by atoms with Gasteiger partial charge in [-0.15, -0.1) is 0 Å². The first-order chi connectivity index (χ1) is 12.5. The van der Waals surface area contributed by atoms with E-state index in [4.69, 9.17) is 0 Å². The third-order valence-electron chi connectivity index (χ3n) is 4.49. The van der Waals surface area contributed by atoms with Crippen molar-refractivity contribution < 1.29 is 14.0 Å². The normalized spacial score (nSPS) is 14.3. The molecule has 26 heavy (non-hydrogen) atoms. The average molecular weight is 357 g/mol. The molecule has 0 spiro atoms. The van der Waals surface area contributed by atoms with Crippen LogP contribution in [0.4, 0.5) is 4.39 Å². The minimum atomic E-state index is -0.289. The Kier molecular flexibility index (Phi) is 5.46. The van der Waals surface area contributed by atoms with E-state index in [1.807, 2.05) is 0 Å². The standard InChI is InChI=1S/C19H20FN3O3/c20-16-5-1-14(2-6-16)3-8-18(25)22-9-11-23(12-10-22)19(26)15-4-7-17(24)21-13-15/h1-2,4-7,13H,3,8-12H2,(H,21,24). The van der Waals surface area contributed by atoms with Gasteiger partial charge in [-0.25, -0.2) is 4.39 Å². The van der Waals surface area contributed by atoms with Crippen molar-refractivity contribution in [1.29, 1.82) is 0 Å². The number of aromatic nitrogens is 1. The lowest BCUT2D eigenvalue weighted by Gasteiger charge is -2.34. The number of halogens is 1. The topological polar surface area (TPSA) is 73.5 Å². The van der Waals surface area contributed by atoms with Gasteiger partial charge in [0.05, 0.1) is 5.56 Å². The molecule has 3 rings (SSSR count). The van der Waals surface area contributed by atoms with Crippen LogP contribution in [0.15, 0.2) is 47.4 Å². The first-order valence-electron chi connectivity index (χ1n) is 8.53. The van der Waals surface area contributed by atoms with Gasteiger partial charge in [0.1, 0.15) is 5.82 Å². The summed E-state index contributed by atoms with van der Waals surface area (Å²) in [5.41, 5.74) is 1.10. The molecule has 0 saturated carbocycles. The number of H-pyrrole nitrogens is 1. The van der Waals surface area contributed by atoms with Gasteiger partial charge < -0.3 is 14.8 Å². The number of aromatic amines is 1. The van der Waals surface area contributed by atoms with Crippen molar-refractivity contribution in [2.75, 3.05) is 26.2 Å². The molecule has 7 heteroatoms. The van der Waals surface area contributed by atoms with Gasteiger partial charge in [0.15, 0.2) is 0 Å². The number of nitrogens with zero attached hydrogens (tertiary/aromatic N) is 2. The zero-order valence-corrected chi connectivity index (χ0v) is 14.3. The van der Waals surface area contributed by atoms with Crippen LogP contribution in [0.5, 0.6) is 0 Å². The highest BCUT2D eigenvalue weighted by molar-refractivity contribution is 5.94. The van der Waals surface area contributed by atoms with Crippen molar-refractivity contribution in [3.63, 3.8) is 0 Å². The molecule has 1 N–H and O–H groups in total. The molecule has 1 aromatic carbocycles. The second-order valence-corrected chi connectivity index (χ2v) is 6.24. The molecule has 2 aromatic rings.